The second-order valence-corrected chi connectivity index (χ2v) is 12.7. The van der Waals surface area contributed by atoms with Gasteiger partial charge in [0.1, 0.15) is 21.6 Å². The van der Waals surface area contributed by atoms with E-state index in [1.165, 1.54) is 10.8 Å². The van der Waals surface area contributed by atoms with E-state index in [1.807, 2.05) is 24.3 Å². The molecule has 3 nitrogen and oxygen atoms in total. The van der Waals surface area contributed by atoms with Crippen molar-refractivity contribution < 1.29 is 9.53 Å². The van der Waals surface area contributed by atoms with Crippen molar-refractivity contribution in [3.63, 3.8) is 0 Å². The molecule has 2 aromatic rings. The Morgan fingerprint density at radius 1 is 1.06 bits per heavy atom. The van der Waals surface area contributed by atoms with Crippen molar-refractivity contribution in [3.8, 4) is 17.6 Å². The zero-order valence-corrected chi connectivity index (χ0v) is 21.9. The van der Waals surface area contributed by atoms with Crippen LogP contribution in [0.5, 0.6) is 5.75 Å². The van der Waals surface area contributed by atoms with Gasteiger partial charge in [0.25, 0.3) is 0 Å². The van der Waals surface area contributed by atoms with E-state index in [-0.39, 0.29) is 10.6 Å². The molecule has 2 rings (SSSR count). The summed E-state index contributed by atoms with van der Waals surface area (Å²) in [6.45, 7) is 15.6. The minimum absolute atomic E-state index is 0.0326. The van der Waals surface area contributed by atoms with Gasteiger partial charge < -0.3 is 4.74 Å². The predicted molar refractivity (Wildman–Crippen MR) is 138 cm³/mol. The number of rotatable bonds is 10. The first-order valence-corrected chi connectivity index (χ1v) is 12.7. The van der Waals surface area contributed by atoms with Gasteiger partial charge in [-0.15, -0.1) is 0 Å². The van der Waals surface area contributed by atoms with Gasteiger partial charge in [0.2, 0.25) is 0 Å². The van der Waals surface area contributed by atoms with Crippen LogP contribution in [-0.2, 0) is 6.54 Å². The van der Waals surface area contributed by atoms with Crippen LogP contribution in [0.1, 0.15) is 57.5 Å². The summed E-state index contributed by atoms with van der Waals surface area (Å²) in [7, 11) is -0.687. The molecule has 0 amide bonds. The van der Waals surface area contributed by atoms with Crippen LogP contribution < -0.4 is 9.92 Å². The maximum Gasteiger partial charge on any atom is 0.150 e. The third-order valence-electron chi connectivity index (χ3n) is 4.90. The van der Waals surface area contributed by atoms with Crippen LogP contribution in [0.3, 0.4) is 0 Å². The molecule has 0 heterocycles. The highest BCUT2D eigenvalue weighted by atomic mass is 28.2. The molecule has 0 aliphatic heterocycles. The molecule has 32 heavy (non-hydrogen) atoms. The molecule has 0 aliphatic rings. The number of aldehydes is 1. The standard InChI is InChI=1S/C28H37NO2Si/c1-7-29(19-10-8-9-18-27(2,3)4)21-24-12-11-13-25(20-24)31-28(5,6)32-26-16-14-23(22-30)15-17-26/h8,10-17,20,22H,7,19,21,32H2,1-6H3/b10-8+. The van der Waals surface area contributed by atoms with E-state index >= 15 is 0 Å². The van der Waals surface area contributed by atoms with E-state index in [2.05, 4.69) is 94.7 Å². The zero-order valence-electron chi connectivity index (χ0n) is 20.4. The minimum Gasteiger partial charge on any atom is -0.492 e. The average Bonchev–Trinajstić information content (AvgIpc) is 2.72. The Morgan fingerprint density at radius 3 is 2.41 bits per heavy atom. The Hall–Kier alpha value is -2.61. The smallest absolute Gasteiger partial charge is 0.150 e. The fourth-order valence-corrected chi connectivity index (χ4v) is 5.04. The third-order valence-corrected chi connectivity index (χ3v) is 6.78. The van der Waals surface area contributed by atoms with Crippen LogP contribution in [0.15, 0.2) is 60.7 Å². The normalized spacial score (nSPS) is 12.3. The molecule has 0 spiro atoms. The number of hydrogen-bond acceptors (Lipinski definition) is 3. The van der Waals surface area contributed by atoms with Crippen LogP contribution in [0.4, 0.5) is 0 Å². The Labute approximate surface area is 196 Å². The second kappa shape index (κ2) is 11.9. The number of carbonyl (C=O) groups excluding carboxylic acids is 1. The SMILES string of the molecule is CCN(C/C=C/C#CC(C)(C)C)Cc1cccc(OC(C)(C)[SiH2]c2ccc(C=O)cc2)c1. The van der Waals surface area contributed by atoms with Crippen molar-refractivity contribution in [2.24, 2.45) is 5.41 Å². The largest absolute Gasteiger partial charge is 0.492 e. The van der Waals surface area contributed by atoms with Crippen molar-refractivity contribution in [2.75, 3.05) is 13.1 Å². The fraction of sp³-hybridized carbons (Fsp3) is 0.393. The molecule has 0 unspecified atom stereocenters. The van der Waals surface area contributed by atoms with Gasteiger partial charge in [-0.1, -0.05) is 66.4 Å². The summed E-state index contributed by atoms with van der Waals surface area (Å²) in [5, 5.41) is 1.07. The third kappa shape index (κ3) is 9.68. The Kier molecular flexibility index (Phi) is 9.50. The maximum absolute atomic E-state index is 10.9. The molecule has 0 saturated heterocycles. The highest BCUT2D eigenvalue weighted by Crippen LogP contribution is 2.20. The van der Waals surface area contributed by atoms with Crippen LogP contribution in [0.2, 0.25) is 0 Å². The molecule has 2 aromatic carbocycles. The van der Waals surface area contributed by atoms with Crippen molar-refractivity contribution in [1.29, 1.82) is 0 Å². The van der Waals surface area contributed by atoms with Gasteiger partial charge in [-0.25, -0.2) is 0 Å². The molecule has 0 bridgehead atoms. The van der Waals surface area contributed by atoms with Crippen LogP contribution >= 0.6 is 0 Å². The van der Waals surface area contributed by atoms with Crippen LogP contribution in [0.25, 0.3) is 0 Å². The second-order valence-electron chi connectivity index (χ2n) is 9.79. The molecule has 0 saturated carbocycles. The Balaban J connectivity index is 1.97. The first kappa shape index (κ1) is 25.6. The Bertz CT molecular complexity index is 959. The van der Waals surface area contributed by atoms with Crippen molar-refractivity contribution in [3.05, 3.63) is 71.8 Å². The highest BCUT2D eigenvalue weighted by Gasteiger charge is 2.21. The molecule has 0 atom stereocenters. The van der Waals surface area contributed by atoms with E-state index in [1.54, 1.807) is 0 Å². The molecule has 4 heteroatoms. The first-order valence-electron chi connectivity index (χ1n) is 11.3. The predicted octanol–water partition coefficient (Wildman–Crippen LogP) is 4.54. The minimum atomic E-state index is -0.687. The molecule has 170 valence electrons. The lowest BCUT2D eigenvalue weighted by Crippen LogP contribution is -2.42. The lowest BCUT2D eigenvalue weighted by atomic mass is 9.98. The van der Waals surface area contributed by atoms with Crippen LogP contribution in [0, 0.1) is 17.3 Å². The summed E-state index contributed by atoms with van der Waals surface area (Å²) in [5.74, 6) is 7.28. The number of likely N-dealkylation sites (N-methyl/N-ethyl adjacent to an activating group) is 1. The highest BCUT2D eigenvalue weighted by molar-refractivity contribution is 6.56. The molecular formula is C28H37NO2Si. The lowest BCUT2D eigenvalue weighted by Gasteiger charge is -2.27. The summed E-state index contributed by atoms with van der Waals surface area (Å²) in [5.41, 5.74) is 1.99. The number of carbonyl (C=O) groups is 1. The van der Waals surface area contributed by atoms with Crippen molar-refractivity contribution in [1.82, 2.24) is 4.90 Å². The molecule has 0 aromatic heterocycles. The molecular weight excluding hydrogens is 410 g/mol. The Morgan fingerprint density at radius 2 is 1.78 bits per heavy atom. The monoisotopic (exact) mass is 447 g/mol. The maximum atomic E-state index is 10.9. The van der Waals surface area contributed by atoms with Crippen molar-refractivity contribution >= 4 is 21.0 Å². The number of ether oxygens (including phenoxy) is 1. The fourth-order valence-electron chi connectivity index (χ4n) is 3.35. The van der Waals surface area contributed by atoms with E-state index in [0.29, 0.717) is 5.56 Å². The van der Waals surface area contributed by atoms with Gasteiger partial charge in [-0.3, -0.25) is 9.69 Å². The van der Waals surface area contributed by atoms with E-state index in [9.17, 15) is 4.79 Å². The summed E-state index contributed by atoms with van der Waals surface area (Å²) in [6.07, 6.45) is 4.97. The summed E-state index contributed by atoms with van der Waals surface area (Å²) in [6, 6.07) is 16.3. The molecule has 0 fully saturated rings. The molecule has 0 aliphatic carbocycles. The average molecular weight is 448 g/mol. The van der Waals surface area contributed by atoms with Gasteiger partial charge in [-0.05, 0) is 64.9 Å². The van der Waals surface area contributed by atoms with Gasteiger partial charge >= 0.3 is 0 Å². The summed E-state index contributed by atoms with van der Waals surface area (Å²) < 4.78 is 6.40. The first-order chi connectivity index (χ1) is 15.1. The summed E-state index contributed by atoms with van der Waals surface area (Å²) >= 11 is 0. The van der Waals surface area contributed by atoms with Gasteiger partial charge in [0.15, 0.2) is 0 Å². The van der Waals surface area contributed by atoms with Crippen molar-refractivity contribution in [2.45, 2.75) is 53.3 Å². The van der Waals surface area contributed by atoms with Crippen LogP contribution in [-0.4, -0.2) is 39.0 Å². The molecule has 0 radical (unpaired) electrons. The van der Waals surface area contributed by atoms with Gasteiger partial charge in [-0.2, -0.15) is 0 Å². The zero-order chi connectivity index (χ0) is 23.6. The van der Waals surface area contributed by atoms with E-state index in [0.717, 1.165) is 31.7 Å². The van der Waals surface area contributed by atoms with Gasteiger partial charge in [0, 0.05) is 24.1 Å². The van der Waals surface area contributed by atoms with E-state index < -0.39 is 9.52 Å². The number of allylic oxidation sites excluding steroid dienone is 1. The van der Waals surface area contributed by atoms with Gasteiger partial charge in [0.05, 0.1) is 5.22 Å². The van der Waals surface area contributed by atoms with E-state index in [4.69, 9.17) is 4.74 Å². The number of hydrogen-bond donors (Lipinski definition) is 0. The molecule has 0 N–H and O–H groups in total. The topological polar surface area (TPSA) is 29.5 Å². The number of benzene rings is 2. The quantitative estimate of drug-likeness (QED) is 0.304. The lowest BCUT2D eigenvalue weighted by molar-refractivity contribution is 0.112. The number of nitrogens with zero attached hydrogens (tertiary/aromatic N) is 1. The summed E-state index contributed by atoms with van der Waals surface area (Å²) in [4.78, 5) is 13.2.